The van der Waals surface area contributed by atoms with Gasteiger partial charge in [-0.25, -0.2) is 0 Å². The van der Waals surface area contributed by atoms with Crippen LogP contribution in [0.4, 0.5) is 0 Å². The molecule has 1 aromatic carbocycles. The molecule has 0 fully saturated rings. The Bertz CT molecular complexity index is 509. The van der Waals surface area contributed by atoms with E-state index < -0.39 is 0 Å². The van der Waals surface area contributed by atoms with E-state index in [1.807, 2.05) is 6.08 Å². The summed E-state index contributed by atoms with van der Waals surface area (Å²) < 4.78 is 0. The summed E-state index contributed by atoms with van der Waals surface area (Å²) >= 11 is 0. The molecule has 16 heavy (non-hydrogen) atoms. The Labute approximate surface area is 95.2 Å². The molecular formula is C14H14N2. The lowest BCUT2D eigenvalue weighted by Crippen LogP contribution is -2.18. The summed E-state index contributed by atoms with van der Waals surface area (Å²) in [6.07, 6.45) is 7.45. The summed E-state index contributed by atoms with van der Waals surface area (Å²) in [6, 6.07) is 8.69. The summed E-state index contributed by atoms with van der Waals surface area (Å²) in [5.74, 6) is 0. The fraction of sp³-hybridized carbons (Fsp3) is 0.214. The van der Waals surface area contributed by atoms with Gasteiger partial charge in [-0.1, -0.05) is 36.4 Å². The van der Waals surface area contributed by atoms with Crippen LogP contribution >= 0.6 is 0 Å². The first-order valence-corrected chi connectivity index (χ1v) is 5.61. The molecule has 1 heterocycles. The topological polar surface area (TPSA) is 38.4 Å². The van der Waals surface area contributed by atoms with Gasteiger partial charge in [0, 0.05) is 12.3 Å². The minimum atomic E-state index is 0.175. The number of hydrogen-bond donors (Lipinski definition) is 1. The predicted octanol–water partition coefficient (Wildman–Crippen LogP) is 2.18. The molecule has 3 rings (SSSR count). The maximum atomic E-state index is 5.64. The molecule has 1 unspecified atom stereocenters. The first kappa shape index (κ1) is 9.55. The third-order valence-electron chi connectivity index (χ3n) is 3.20. The van der Waals surface area contributed by atoms with E-state index in [0.29, 0.717) is 6.54 Å². The predicted molar refractivity (Wildman–Crippen MR) is 66.6 cm³/mol. The van der Waals surface area contributed by atoms with Crippen molar-refractivity contribution >= 4 is 5.71 Å². The maximum Gasteiger partial charge on any atom is 0.100 e. The molecule has 0 aromatic heterocycles. The van der Waals surface area contributed by atoms with E-state index in [-0.39, 0.29) is 6.04 Å². The third-order valence-corrected chi connectivity index (χ3v) is 3.20. The van der Waals surface area contributed by atoms with Crippen LogP contribution in [0, 0.1) is 0 Å². The SMILES string of the molecule is NCC1=NC2C(=CCc3ccccc32)C=C1. The Hall–Kier alpha value is -1.67. The van der Waals surface area contributed by atoms with E-state index in [9.17, 15) is 0 Å². The van der Waals surface area contributed by atoms with Gasteiger partial charge >= 0.3 is 0 Å². The Morgan fingerprint density at radius 3 is 3.00 bits per heavy atom. The highest BCUT2D eigenvalue weighted by Gasteiger charge is 2.22. The van der Waals surface area contributed by atoms with E-state index in [1.54, 1.807) is 0 Å². The number of aliphatic imine (C=N–C) groups is 1. The summed E-state index contributed by atoms with van der Waals surface area (Å²) in [5, 5.41) is 0. The number of allylic oxidation sites excluding steroid dienone is 1. The third kappa shape index (κ3) is 1.42. The van der Waals surface area contributed by atoms with Crippen molar-refractivity contribution in [2.75, 3.05) is 6.54 Å². The second-order valence-corrected chi connectivity index (χ2v) is 4.17. The van der Waals surface area contributed by atoms with Gasteiger partial charge in [-0.3, -0.25) is 4.99 Å². The monoisotopic (exact) mass is 210 g/mol. The van der Waals surface area contributed by atoms with Gasteiger partial charge < -0.3 is 5.73 Å². The molecule has 0 bridgehead atoms. The highest BCUT2D eigenvalue weighted by atomic mass is 14.8. The average Bonchev–Trinajstić information content (AvgIpc) is 2.38. The van der Waals surface area contributed by atoms with Crippen molar-refractivity contribution in [2.45, 2.75) is 12.5 Å². The van der Waals surface area contributed by atoms with Crippen LogP contribution in [0.3, 0.4) is 0 Å². The molecule has 0 radical (unpaired) electrons. The molecule has 1 aliphatic heterocycles. The molecule has 0 saturated heterocycles. The van der Waals surface area contributed by atoms with E-state index in [4.69, 9.17) is 10.7 Å². The smallest absolute Gasteiger partial charge is 0.100 e. The Kier molecular flexibility index (Phi) is 2.22. The zero-order valence-electron chi connectivity index (χ0n) is 9.06. The second-order valence-electron chi connectivity index (χ2n) is 4.17. The number of dihydropyridines is 1. The van der Waals surface area contributed by atoms with Gasteiger partial charge in [0.15, 0.2) is 0 Å². The molecule has 0 spiro atoms. The summed E-state index contributed by atoms with van der Waals surface area (Å²) in [4.78, 5) is 4.70. The molecule has 80 valence electrons. The van der Waals surface area contributed by atoms with Crippen LogP contribution in [0.25, 0.3) is 0 Å². The molecule has 1 atom stereocenters. The summed E-state index contributed by atoms with van der Waals surface area (Å²) in [7, 11) is 0. The van der Waals surface area contributed by atoms with Crippen molar-refractivity contribution in [1.29, 1.82) is 0 Å². The van der Waals surface area contributed by atoms with Crippen molar-refractivity contribution in [2.24, 2.45) is 10.7 Å². The zero-order chi connectivity index (χ0) is 11.0. The molecule has 2 nitrogen and oxygen atoms in total. The Morgan fingerprint density at radius 1 is 1.25 bits per heavy atom. The van der Waals surface area contributed by atoms with Crippen molar-refractivity contribution in [3.63, 3.8) is 0 Å². The van der Waals surface area contributed by atoms with Crippen LogP contribution in [-0.2, 0) is 6.42 Å². The minimum absolute atomic E-state index is 0.175. The largest absolute Gasteiger partial charge is 0.325 e. The van der Waals surface area contributed by atoms with E-state index in [0.717, 1.165) is 12.1 Å². The van der Waals surface area contributed by atoms with Gasteiger partial charge in [0.1, 0.15) is 6.04 Å². The van der Waals surface area contributed by atoms with Crippen LogP contribution in [0.5, 0.6) is 0 Å². The van der Waals surface area contributed by atoms with Crippen LogP contribution in [0.15, 0.2) is 53.1 Å². The number of nitrogens with zero attached hydrogens (tertiary/aromatic N) is 1. The number of fused-ring (bicyclic) bond motifs is 3. The number of benzene rings is 1. The number of nitrogens with two attached hydrogens (primary N) is 1. The molecule has 2 N–H and O–H groups in total. The minimum Gasteiger partial charge on any atom is -0.325 e. The van der Waals surface area contributed by atoms with Crippen LogP contribution in [0.1, 0.15) is 17.2 Å². The maximum absolute atomic E-state index is 5.64. The van der Waals surface area contributed by atoms with E-state index >= 15 is 0 Å². The highest BCUT2D eigenvalue weighted by Crippen LogP contribution is 2.35. The zero-order valence-corrected chi connectivity index (χ0v) is 9.06. The molecule has 0 saturated carbocycles. The first-order valence-electron chi connectivity index (χ1n) is 5.61. The lowest BCUT2D eigenvalue weighted by molar-refractivity contribution is 0.818. The highest BCUT2D eigenvalue weighted by molar-refractivity contribution is 5.98. The molecule has 1 aromatic rings. The summed E-state index contributed by atoms with van der Waals surface area (Å²) in [6.45, 7) is 0.516. The molecule has 2 aliphatic rings. The average molecular weight is 210 g/mol. The quantitative estimate of drug-likeness (QED) is 0.758. The van der Waals surface area contributed by atoms with Crippen molar-refractivity contribution in [1.82, 2.24) is 0 Å². The molecular weight excluding hydrogens is 196 g/mol. The normalized spacial score (nSPS) is 21.9. The Balaban J connectivity index is 2.09. The molecule has 2 heteroatoms. The van der Waals surface area contributed by atoms with Crippen molar-refractivity contribution < 1.29 is 0 Å². The molecule has 1 aliphatic carbocycles. The lowest BCUT2D eigenvalue weighted by Gasteiger charge is -2.25. The first-order chi connectivity index (χ1) is 7.88. The lowest BCUT2D eigenvalue weighted by atomic mass is 9.86. The van der Waals surface area contributed by atoms with E-state index in [1.165, 1.54) is 16.7 Å². The molecule has 0 amide bonds. The van der Waals surface area contributed by atoms with Crippen LogP contribution in [-0.4, -0.2) is 12.3 Å². The second kappa shape index (κ2) is 3.72. The van der Waals surface area contributed by atoms with Gasteiger partial charge in [-0.15, -0.1) is 0 Å². The van der Waals surface area contributed by atoms with Crippen LogP contribution in [0.2, 0.25) is 0 Å². The van der Waals surface area contributed by atoms with Gasteiger partial charge in [0.2, 0.25) is 0 Å². The van der Waals surface area contributed by atoms with Gasteiger partial charge in [0.05, 0.1) is 0 Å². The standard InChI is InChI=1S/C14H14N2/c15-9-12-8-7-11-6-5-10-3-1-2-4-13(10)14(11)16-12/h1-4,6-8,14H,5,9,15H2. The number of rotatable bonds is 1. The fourth-order valence-electron chi connectivity index (χ4n) is 2.33. The van der Waals surface area contributed by atoms with Crippen LogP contribution < -0.4 is 5.73 Å². The van der Waals surface area contributed by atoms with Gasteiger partial charge in [-0.05, 0) is 29.2 Å². The fourth-order valence-corrected chi connectivity index (χ4v) is 2.33. The van der Waals surface area contributed by atoms with Gasteiger partial charge in [-0.2, -0.15) is 0 Å². The summed E-state index contributed by atoms with van der Waals surface area (Å²) in [5.41, 5.74) is 10.6. The Morgan fingerprint density at radius 2 is 2.12 bits per heavy atom. The van der Waals surface area contributed by atoms with Crippen molar-refractivity contribution in [3.05, 3.63) is 59.2 Å². The van der Waals surface area contributed by atoms with E-state index in [2.05, 4.69) is 36.4 Å². The van der Waals surface area contributed by atoms with Crippen molar-refractivity contribution in [3.8, 4) is 0 Å². The van der Waals surface area contributed by atoms with Gasteiger partial charge in [0.25, 0.3) is 0 Å². The number of hydrogen-bond acceptors (Lipinski definition) is 2.